The molecule has 1 aromatic rings. The standard InChI is InChI=1S/C6H5NO2.C3H9N/c8-6(9)5-2-1-3-7-4-5;1-4(2)3/h1-4H,(H,8,9);1-3H3. The second kappa shape index (κ2) is 6.14. The van der Waals surface area contributed by atoms with Crippen LogP contribution in [-0.2, 0) is 0 Å². The van der Waals surface area contributed by atoms with Gasteiger partial charge in [0.2, 0.25) is 0 Å². The van der Waals surface area contributed by atoms with Crippen molar-refractivity contribution in [2.24, 2.45) is 0 Å². The molecule has 0 amide bonds. The number of carbonyl (C=O) groups is 1. The molecule has 1 heterocycles. The summed E-state index contributed by atoms with van der Waals surface area (Å²) in [6.07, 6.45) is 2.84. The topological polar surface area (TPSA) is 53.4 Å². The van der Waals surface area contributed by atoms with Crippen molar-refractivity contribution >= 4 is 5.97 Å². The third-order valence-electron chi connectivity index (χ3n) is 0.908. The van der Waals surface area contributed by atoms with Gasteiger partial charge >= 0.3 is 5.97 Å². The van der Waals surface area contributed by atoms with Crippen LogP contribution in [0.2, 0.25) is 0 Å². The Bertz CT molecular complexity index is 244. The number of rotatable bonds is 1. The van der Waals surface area contributed by atoms with Gasteiger partial charge in [-0.15, -0.1) is 0 Å². The zero-order chi connectivity index (χ0) is 10.3. The Kier molecular flexibility index (Phi) is 5.47. The molecule has 4 nitrogen and oxygen atoms in total. The van der Waals surface area contributed by atoms with Gasteiger partial charge in [-0.2, -0.15) is 0 Å². The quantitative estimate of drug-likeness (QED) is 0.702. The van der Waals surface area contributed by atoms with Crippen LogP contribution in [0.25, 0.3) is 0 Å². The molecule has 1 aromatic heterocycles. The summed E-state index contributed by atoms with van der Waals surface area (Å²) in [6.45, 7) is 0. The smallest absolute Gasteiger partial charge is 0.337 e. The van der Waals surface area contributed by atoms with Gasteiger partial charge in [0.1, 0.15) is 0 Å². The van der Waals surface area contributed by atoms with Crippen LogP contribution in [-0.4, -0.2) is 42.1 Å². The average Bonchev–Trinajstić information content (AvgIpc) is 2.05. The van der Waals surface area contributed by atoms with Gasteiger partial charge in [-0.05, 0) is 33.3 Å². The van der Waals surface area contributed by atoms with E-state index >= 15 is 0 Å². The van der Waals surface area contributed by atoms with Crippen LogP contribution in [0.5, 0.6) is 0 Å². The molecule has 0 bridgehead atoms. The van der Waals surface area contributed by atoms with E-state index in [2.05, 4.69) is 4.98 Å². The first-order valence-corrected chi connectivity index (χ1v) is 3.78. The first-order valence-electron chi connectivity index (χ1n) is 3.78. The molecule has 0 atom stereocenters. The molecule has 0 aromatic carbocycles. The van der Waals surface area contributed by atoms with Crippen molar-refractivity contribution in [2.45, 2.75) is 0 Å². The number of hydrogen-bond acceptors (Lipinski definition) is 3. The Hall–Kier alpha value is -1.42. The lowest BCUT2D eigenvalue weighted by Crippen LogP contribution is -1.99. The molecule has 1 N–H and O–H groups in total. The van der Waals surface area contributed by atoms with Crippen LogP contribution in [0.15, 0.2) is 24.5 Å². The molecule has 0 aliphatic carbocycles. The summed E-state index contributed by atoms with van der Waals surface area (Å²) in [6, 6.07) is 3.08. The molecule has 0 fully saturated rings. The van der Waals surface area contributed by atoms with E-state index in [1.165, 1.54) is 18.5 Å². The maximum absolute atomic E-state index is 10.2. The van der Waals surface area contributed by atoms with Gasteiger partial charge < -0.3 is 10.0 Å². The predicted octanol–water partition coefficient (Wildman–Crippen LogP) is 0.958. The molecule has 0 aliphatic rings. The van der Waals surface area contributed by atoms with Crippen LogP contribution in [0.4, 0.5) is 0 Å². The monoisotopic (exact) mass is 182 g/mol. The van der Waals surface area contributed by atoms with Gasteiger partial charge in [0, 0.05) is 12.4 Å². The summed E-state index contributed by atoms with van der Waals surface area (Å²) < 4.78 is 0. The average molecular weight is 182 g/mol. The van der Waals surface area contributed by atoms with Gasteiger partial charge in [-0.3, -0.25) is 4.98 Å². The zero-order valence-corrected chi connectivity index (χ0v) is 8.06. The van der Waals surface area contributed by atoms with Gasteiger partial charge in [0.05, 0.1) is 5.56 Å². The maximum Gasteiger partial charge on any atom is 0.337 e. The third-order valence-corrected chi connectivity index (χ3v) is 0.908. The van der Waals surface area contributed by atoms with E-state index in [1.54, 1.807) is 6.07 Å². The zero-order valence-electron chi connectivity index (χ0n) is 8.06. The second-order valence-electron chi connectivity index (χ2n) is 2.89. The lowest BCUT2D eigenvalue weighted by Gasteiger charge is -1.90. The van der Waals surface area contributed by atoms with Gasteiger partial charge in [-0.1, -0.05) is 0 Å². The molecule has 4 heteroatoms. The molecule has 0 saturated carbocycles. The molecule has 0 radical (unpaired) electrons. The maximum atomic E-state index is 10.2. The summed E-state index contributed by atoms with van der Waals surface area (Å²) in [5.41, 5.74) is 0.220. The molecule has 72 valence electrons. The Morgan fingerprint density at radius 1 is 1.46 bits per heavy atom. The summed E-state index contributed by atoms with van der Waals surface area (Å²) in [4.78, 5) is 15.8. The van der Waals surface area contributed by atoms with Gasteiger partial charge in [0.15, 0.2) is 0 Å². The number of carboxylic acid groups (broad SMARTS) is 1. The molecule has 1 rings (SSSR count). The van der Waals surface area contributed by atoms with E-state index in [1.807, 2.05) is 26.0 Å². The third kappa shape index (κ3) is 6.96. The van der Waals surface area contributed by atoms with Crippen LogP contribution in [0.1, 0.15) is 10.4 Å². The van der Waals surface area contributed by atoms with Crippen molar-refractivity contribution in [2.75, 3.05) is 21.1 Å². The molecular weight excluding hydrogens is 168 g/mol. The fourth-order valence-electron chi connectivity index (χ4n) is 0.489. The molecule has 0 aliphatic heterocycles. The summed E-state index contributed by atoms with van der Waals surface area (Å²) in [7, 11) is 6.00. The number of aromatic carboxylic acids is 1. The van der Waals surface area contributed by atoms with E-state index in [0.717, 1.165) is 0 Å². The highest BCUT2D eigenvalue weighted by molar-refractivity contribution is 5.86. The Morgan fingerprint density at radius 2 is 2.00 bits per heavy atom. The molecule has 13 heavy (non-hydrogen) atoms. The molecule has 0 spiro atoms. The Labute approximate surface area is 77.8 Å². The van der Waals surface area contributed by atoms with E-state index in [4.69, 9.17) is 5.11 Å². The van der Waals surface area contributed by atoms with E-state index in [9.17, 15) is 4.79 Å². The van der Waals surface area contributed by atoms with Crippen molar-refractivity contribution in [3.05, 3.63) is 30.1 Å². The normalized spacial score (nSPS) is 8.92. The SMILES string of the molecule is CN(C)C.O=C(O)c1cccnc1. The van der Waals surface area contributed by atoms with Crippen LogP contribution >= 0.6 is 0 Å². The molecule has 0 unspecified atom stereocenters. The fraction of sp³-hybridized carbons (Fsp3) is 0.333. The number of pyridine rings is 1. The van der Waals surface area contributed by atoms with Crippen LogP contribution < -0.4 is 0 Å². The fourth-order valence-corrected chi connectivity index (χ4v) is 0.489. The highest BCUT2D eigenvalue weighted by Gasteiger charge is 1.97. The molecular formula is C9H14N2O2. The number of hydrogen-bond donors (Lipinski definition) is 1. The van der Waals surface area contributed by atoms with Gasteiger partial charge in [0.25, 0.3) is 0 Å². The first-order chi connectivity index (χ1) is 6.04. The highest BCUT2D eigenvalue weighted by atomic mass is 16.4. The van der Waals surface area contributed by atoms with E-state index in [-0.39, 0.29) is 5.56 Å². The number of aromatic nitrogens is 1. The van der Waals surface area contributed by atoms with Crippen molar-refractivity contribution in [3.63, 3.8) is 0 Å². The summed E-state index contributed by atoms with van der Waals surface area (Å²) >= 11 is 0. The lowest BCUT2D eigenvalue weighted by atomic mass is 10.3. The Morgan fingerprint density at radius 3 is 2.23 bits per heavy atom. The minimum Gasteiger partial charge on any atom is -0.478 e. The highest BCUT2D eigenvalue weighted by Crippen LogP contribution is 1.92. The van der Waals surface area contributed by atoms with Crippen molar-refractivity contribution in [3.8, 4) is 0 Å². The first kappa shape index (κ1) is 11.6. The van der Waals surface area contributed by atoms with E-state index < -0.39 is 5.97 Å². The Balaban J connectivity index is 0.000000310. The minimum atomic E-state index is -0.942. The van der Waals surface area contributed by atoms with Crippen LogP contribution in [0.3, 0.4) is 0 Å². The summed E-state index contributed by atoms with van der Waals surface area (Å²) in [5, 5.41) is 8.34. The minimum absolute atomic E-state index is 0.220. The van der Waals surface area contributed by atoms with Crippen LogP contribution in [0, 0.1) is 0 Å². The summed E-state index contributed by atoms with van der Waals surface area (Å²) in [5.74, 6) is -0.942. The molecule has 0 saturated heterocycles. The lowest BCUT2D eigenvalue weighted by molar-refractivity contribution is 0.0696. The number of nitrogens with zero attached hydrogens (tertiary/aromatic N) is 2. The van der Waals surface area contributed by atoms with E-state index in [0.29, 0.717) is 0 Å². The second-order valence-corrected chi connectivity index (χ2v) is 2.89. The number of carboxylic acids is 1. The van der Waals surface area contributed by atoms with Crippen molar-refractivity contribution < 1.29 is 9.90 Å². The predicted molar refractivity (Wildman–Crippen MR) is 50.8 cm³/mol. The largest absolute Gasteiger partial charge is 0.478 e. The van der Waals surface area contributed by atoms with Gasteiger partial charge in [-0.25, -0.2) is 4.79 Å². The van der Waals surface area contributed by atoms with Crippen molar-refractivity contribution in [1.82, 2.24) is 9.88 Å². The van der Waals surface area contributed by atoms with Crippen molar-refractivity contribution in [1.29, 1.82) is 0 Å².